The van der Waals surface area contributed by atoms with Gasteiger partial charge in [0.05, 0.1) is 0 Å². The van der Waals surface area contributed by atoms with Crippen molar-refractivity contribution >= 4 is 0 Å². The van der Waals surface area contributed by atoms with Crippen molar-refractivity contribution in [1.82, 2.24) is 9.55 Å². The van der Waals surface area contributed by atoms with Crippen LogP contribution in [0.3, 0.4) is 0 Å². The molecule has 0 amide bonds. The number of rotatable bonds is 2. The van der Waals surface area contributed by atoms with Gasteiger partial charge in [0.15, 0.2) is 0 Å². The second-order valence-corrected chi connectivity index (χ2v) is 5.43. The predicted molar refractivity (Wildman–Crippen MR) is 69.8 cm³/mol. The molecule has 88 valence electrons. The summed E-state index contributed by atoms with van der Waals surface area (Å²) in [5.74, 6) is 1.85. The molecule has 0 saturated heterocycles. The van der Waals surface area contributed by atoms with E-state index in [0.29, 0.717) is 5.41 Å². The number of imidazole rings is 1. The largest absolute Gasteiger partial charge is 0.334 e. The Morgan fingerprint density at radius 1 is 1.35 bits per heavy atom. The van der Waals surface area contributed by atoms with Gasteiger partial charge < -0.3 is 4.57 Å². The molecule has 2 atom stereocenters. The molecule has 0 bridgehead atoms. The SMILES string of the molecule is C[C@H]1CC1(C)c1ccccc1-c1nccn1C. The summed E-state index contributed by atoms with van der Waals surface area (Å²) in [4.78, 5) is 4.48. The fraction of sp³-hybridized carbons (Fsp3) is 0.400. The molecule has 1 aromatic heterocycles. The Labute approximate surface area is 102 Å². The third-order valence-electron chi connectivity index (χ3n) is 4.26. The molecular formula is C15H18N2. The second-order valence-electron chi connectivity index (χ2n) is 5.43. The molecular weight excluding hydrogens is 208 g/mol. The molecule has 0 aliphatic heterocycles. The van der Waals surface area contributed by atoms with Gasteiger partial charge in [0, 0.05) is 25.0 Å². The van der Waals surface area contributed by atoms with Crippen LogP contribution in [0.25, 0.3) is 11.4 Å². The van der Waals surface area contributed by atoms with Gasteiger partial charge in [-0.3, -0.25) is 0 Å². The maximum Gasteiger partial charge on any atom is 0.139 e. The average molecular weight is 226 g/mol. The Morgan fingerprint density at radius 2 is 2.06 bits per heavy atom. The highest BCUT2D eigenvalue weighted by Gasteiger charge is 2.49. The van der Waals surface area contributed by atoms with Crippen LogP contribution in [0.4, 0.5) is 0 Å². The number of hydrogen-bond acceptors (Lipinski definition) is 1. The first-order valence-corrected chi connectivity index (χ1v) is 6.20. The Balaban J connectivity index is 2.16. The quantitative estimate of drug-likeness (QED) is 0.767. The van der Waals surface area contributed by atoms with E-state index in [4.69, 9.17) is 0 Å². The van der Waals surface area contributed by atoms with Crippen LogP contribution in [0, 0.1) is 5.92 Å². The molecule has 3 rings (SSSR count). The van der Waals surface area contributed by atoms with Gasteiger partial charge in [0.1, 0.15) is 5.82 Å². The average Bonchev–Trinajstić information content (AvgIpc) is 2.74. The van der Waals surface area contributed by atoms with Crippen molar-refractivity contribution in [3.05, 3.63) is 42.2 Å². The summed E-state index contributed by atoms with van der Waals surface area (Å²) < 4.78 is 2.09. The van der Waals surface area contributed by atoms with Crippen molar-refractivity contribution in [2.75, 3.05) is 0 Å². The topological polar surface area (TPSA) is 17.8 Å². The summed E-state index contributed by atoms with van der Waals surface area (Å²) in [6.07, 6.45) is 5.16. The van der Waals surface area contributed by atoms with Crippen molar-refractivity contribution in [2.45, 2.75) is 25.7 Å². The van der Waals surface area contributed by atoms with Gasteiger partial charge in [-0.05, 0) is 23.3 Å². The van der Waals surface area contributed by atoms with Crippen LogP contribution in [0.2, 0.25) is 0 Å². The lowest BCUT2D eigenvalue weighted by molar-refractivity contribution is 0.702. The Hall–Kier alpha value is -1.57. The molecule has 1 aliphatic carbocycles. The first-order valence-electron chi connectivity index (χ1n) is 6.20. The molecule has 0 N–H and O–H groups in total. The van der Waals surface area contributed by atoms with Crippen molar-refractivity contribution in [1.29, 1.82) is 0 Å². The van der Waals surface area contributed by atoms with Crippen LogP contribution in [-0.2, 0) is 12.5 Å². The first kappa shape index (κ1) is 10.6. The zero-order valence-corrected chi connectivity index (χ0v) is 10.6. The maximum absolute atomic E-state index is 4.48. The highest BCUT2D eigenvalue weighted by Crippen LogP contribution is 2.55. The van der Waals surface area contributed by atoms with Crippen molar-refractivity contribution < 1.29 is 0 Å². The lowest BCUT2D eigenvalue weighted by Gasteiger charge is -2.16. The Bertz CT molecular complexity index is 556. The lowest BCUT2D eigenvalue weighted by atomic mass is 9.91. The second kappa shape index (κ2) is 3.46. The molecule has 1 saturated carbocycles. The molecule has 0 radical (unpaired) electrons. The van der Waals surface area contributed by atoms with Gasteiger partial charge in [-0.15, -0.1) is 0 Å². The number of benzene rings is 1. The van der Waals surface area contributed by atoms with E-state index in [9.17, 15) is 0 Å². The summed E-state index contributed by atoms with van der Waals surface area (Å²) in [5, 5.41) is 0. The third kappa shape index (κ3) is 1.51. The van der Waals surface area contributed by atoms with Gasteiger partial charge in [0.25, 0.3) is 0 Å². The van der Waals surface area contributed by atoms with Crippen molar-refractivity contribution in [3.63, 3.8) is 0 Å². The van der Waals surface area contributed by atoms with E-state index in [1.54, 1.807) is 0 Å². The fourth-order valence-electron chi connectivity index (χ4n) is 2.75. The molecule has 1 unspecified atom stereocenters. The van der Waals surface area contributed by atoms with Crippen molar-refractivity contribution in [2.24, 2.45) is 13.0 Å². The Morgan fingerprint density at radius 3 is 2.65 bits per heavy atom. The highest BCUT2D eigenvalue weighted by molar-refractivity contribution is 5.64. The maximum atomic E-state index is 4.48. The molecule has 1 fully saturated rings. The van der Waals surface area contributed by atoms with Gasteiger partial charge in [-0.25, -0.2) is 4.98 Å². The van der Waals surface area contributed by atoms with E-state index in [2.05, 4.69) is 54.7 Å². The zero-order valence-electron chi connectivity index (χ0n) is 10.6. The van der Waals surface area contributed by atoms with Gasteiger partial charge in [-0.2, -0.15) is 0 Å². The molecule has 2 nitrogen and oxygen atoms in total. The number of nitrogens with zero attached hydrogens (tertiary/aromatic N) is 2. The van der Waals surface area contributed by atoms with Crippen LogP contribution >= 0.6 is 0 Å². The van der Waals surface area contributed by atoms with E-state index >= 15 is 0 Å². The predicted octanol–water partition coefficient (Wildman–Crippen LogP) is 3.38. The molecule has 17 heavy (non-hydrogen) atoms. The summed E-state index contributed by atoms with van der Waals surface area (Å²) in [5.41, 5.74) is 3.08. The van der Waals surface area contributed by atoms with Crippen LogP contribution in [0.1, 0.15) is 25.8 Å². The van der Waals surface area contributed by atoms with Gasteiger partial charge >= 0.3 is 0 Å². The number of aromatic nitrogens is 2. The third-order valence-corrected chi connectivity index (χ3v) is 4.26. The van der Waals surface area contributed by atoms with Crippen LogP contribution in [0.15, 0.2) is 36.7 Å². The molecule has 1 aromatic carbocycles. The van der Waals surface area contributed by atoms with Crippen LogP contribution < -0.4 is 0 Å². The minimum Gasteiger partial charge on any atom is -0.334 e. The molecule has 0 spiro atoms. The normalized spacial score (nSPS) is 27.1. The summed E-state index contributed by atoms with van der Waals surface area (Å²) in [6.45, 7) is 4.69. The Kier molecular flexibility index (Phi) is 2.15. The summed E-state index contributed by atoms with van der Waals surface area (Å²) in [7, 11) is 2.05. The summed E-state index contributed by atoms with van der Waals surface area (Å²) in [6, 6.07) is 8.68. The monoisotopic (exact) mass is 226 g/mol. The van der Waals surface area contributed by atoms with Crippen LogP contribution in [-0.4, -0.2) is 9.55 Å². The molecule has 2 aromatic rings. The smallest absolute Gasteiger partial charge is 0.139 e. The zero-order chi connectivity index (χ0) is 12.0. The number of aryl methyl sites for hydroxylation is 1. The molecule has 2 heteroatoms. The first-order chi connectivity index (χ1) is 8.13. The highest BCUT2D eigenvalue weighted by atomic mass is 15.0. The standard InChI is InChI=1S/C15H18N2/c1-11-10-15(11,2)13-7-5-4-6-12(13)14-16-8-9-17(14)3/h4-9,11H,10H2,1-3H3/t11-,15?/m0/s1. The van der Waals surface area contributed by atoms with Crippen molar-refractivity contribution in [3.8, 4) is 11.4 Å². The minimum absolute atomic E-state index is 0.350. The van der Waals surface area contributed by atoms with E-state index in [0.717, 1.165) is 11.7 Å². The van der Waals surface area contributed by atoms with Crippen LogP contribution in [0.5, 0.6) is 0 Å². The minimum atomic E-state index is 0.350. The summed E-state index contributed by atoms with van der Waals surface area (Å²) >= 11 is 0. The van der Waals surface area contributed by atoms with E-state index in [-0.39, 0.29) is 0 Å². The fourth-order valence-corrected chi connectivity index (χ4v) is 2.75. The molecule has 1 heterocycles. The van der Waals surface area contributed by atoms with E-state index in [1.807, 2.05) is 12.4 Å². The van der Waals surface area contributed by atoms with E-state index < -0.39 is 0 Å². The van der Waals surface area contributed by atoms with Gasteiger partial charge in [0.2, 0.25) is 0 Å². The lowest BCUT2D eigenvalue weighted by Crippen LogP contribution is -2.07. The molecule has 1 aliphatic rings. The van der Waals surface area contributed by atoms with Gasteiger partial charge in [-0.1, -0.05) is 38.1 Å². The number of hydrogen-bond donors (Lipinski definition) is 0. The van der Waals surface area contributed by atoms with E-state index in [1.165, 1.54) is 17.5 Å².